The molecule has 0 spiro atoms. The minimum absolute atomic E-state index is 0.262. The Hall–Kier alpha value is -3.67. The van der Waals surface area contributed by atoms with Crippen molar-refractivity contribution in [1.82, 2.24) is 9.88 Å². The minimum atomic E-state index is -0.559. The number of methoxy groups -OCH3 is 1. The van der Waals surface area contributed by atoms with Gasteiger partial charge >= 0.3 is 0 Å². The van der Waals surface area contributed by atoms with Gasteiger partial charge in [-0.05, 0) is 47.0 Å². The summed E-state index contributed by atoms with van der Waals surface area (Å²) in [7, 11) is 1.57. The molecule has 1 aliphatic rings. The maximum Gasteiger partial charge on any atom is 0.290 e. The number of hydrogen-bond acceptors (Lipinski definition) is 4. The largest absolute Gasteiger partial charge is 0.503 e. The first-order chi connectivity index (χ1) is 14.1. The van der Waals surface area contributed by atoms with E-state index in [1.807, 2.05) is 6.07 Å². The highest BCUT2D eigenvalue weighted by atomic mass is 19.1. The van der Waals surface area contributed by atoms with Crippen molar-refractivity contribution in [2.75, 3.05) is 7.11 Å². The molecule has 5 nitrogen and oxygen atoms in total. The predicted molar refractivity (Wildman–Crippen MR) is 106 cm³/mol. The lowest BCUT2D eigenvalue weighted by Gasteiger charge is -2.27. The van der Waals surface area contributed by atoms with E-state index < -0.39 is 11.9 Å². The first-order valence-corrected chi connectivity index (χ1v) is 9.11. The number of halogens is 1. The van der Waals surface area contributed by atoms with Gasteiger partial charge in [0.25, 0.3) is 5.91 Å². The maximum absolute atomic E-state index is 13.5. The predicted octanol–water partition coefficient (Wildman–Crippen LogP) is 4.28. The van der Waals surface area contributed by atoms with Crippen LogP contribution in [0.15, 0.2) is 78.8 Å². The molecule has 0 bridgehead atoms. The van der Waals surface area contributed by atoms with E-state index in [4.69, 9.17) is 4.74 Å². The minimum Gasteiger partial charge on any atom is -0.503 e. The van der Waals surface area contributed by atoms with Gasteiger partial charge in [0.05, 0.1) is 13.2 Å². The summed E-state index contributed by atoms with van der Waals surface area (Å²) in [6.07, 6.45) is 3.34. The van der Waals surface area contributed by atoms with E-state index in [9.17, 15) is 14.3 Å². The van der Waals surface area contributed by atoms with E-state index in [0.717, 1.165) is 5.56 Å². The molecule has 0 unspecified atom stereocenters. The molecule has 1 aliphatic heterocycles. The van der Waals surface area contributed by atoms with Gasteiger partial charge in [0, 0.05) is 24.5 Å². The van der Waals surface area contributed by atoms with Crippen LogP contribution in [0.5, 0.6) is 5.75 Å². The standard InChI is InChI=1S/C23H19FN2O3/c1-29-19-10-6-16(7-11-19)20-21(17-4-8-18(24)9-5-17)26(23(28)22(20)27)14-15-3-2-12-25-13-15/h2-13,21,27H,14H2,1H3/t21-/m0/s1. The third-order valence-electron chi connectivity index (χ3n) is 4.97. The second kappa shape index (κ2) is 7.75. The zero-order valence-corrected chi connectivity index (χ0v) is 15.7. The topological polar surface area (TPSA) is 62.7 Å². The van der Waals surface area contributed by atoms with E-state index in [0.29, 0.717) is 22.4 Å². The first kappa shape index (κ1) is 18.7. The maximum atomic E-state index is 13.5. The zero-order chi connectivity index (χ0) is 20.4. The number of carbonyl (C=O) groups excluding carboxylic acids is 1. The number of benzene rings is 2. The van der Waals surface area contributed by atoms with Crippen LogP contribution in [0.1, 0.15) is 22.7 Å². The number of rotatable bonds is 5. The Bertz CT molecular complexity index is 1050. The number of hydrogen-bond donors (Lipinski definition) is 1. The molecule has 1 atom stereocenters. The highest BCUT2D eigenvalue weighted by molar-refractivity contribution is 6.05. The number of pyridine rings is 1. The molecule has 2 heterocycles. The van der Waals surface area contributed by atoms with Gasteiger partial charge in [-0.1, -0.05) is 30.3 Å². The number of amides is 1. The molecule has 4 rings (SSSR count). The molecule has 29 heavy (non-hydrogen) atoms. The fourth-order valence-corrected chi connectivity index (χ4v) is 3.56. The molecule has 6 heteroatoms. The summed E-state index contributed by atoms with van der Waals surface area (Å²) in [5.41, 5.74) is 2.71. The van der Waals surface area contributed by atoms with Crippen LogP contribution in [0.2, 0.25) is 0 Å². The Morgan fingerprint density at radius 1 is 1.10 bits per heavy atom. The molecular formula is C23H19FN2O3. The zero-order valence-electron chi connectivity index (χ0n) is 15.7. The van der Waals surface area contributed by atoms with Crippen molar-refractivity contribution in [2.24, 2.45) is 0 Å². The number of ether oxygens (including phenoxy) is 1. The van der Waals surface area contributed by atoms with Crippen LogP contribution in [-0.2, 0) is 11.3 Å². The van der Waals surface area contributed by atoms with Gasteiger partial charge in [-0.15, -0.1) is 0 Å². The average molecular weight is 390 g/mol. The lowest BCUT2D eigenvalue weighted by molar-refractivity contribution is -0.130. The van der Waals surface area contributed by atoms with Crippen molar-refractivity contribution in [3.8, 4) is 5.75 Å². The third-order valence-corrected chi connectivity index (χ3v) is 4.97. The van der Waals surface area contributed by atoms with Crippen LogP contribution >= 0.6 is 0 Å². The molecule has 0 fully saturated rings. The fourth-order valence-electron chi connectivity index (χ4n) is 3.56. The Balaban J connectivity index is 1.80. The quantitative estimate of drug-likeness (QED) is 0.706. The summed E-state index contributed by atoms with van der Waals surface area (Å²) < 4.78 is 18.7. The molecule has 2 aromatic carbocycles. The van der Waals surface area contributed by atoms with Crippen molar-refractivity contribution in [3.05, 3.63) is 101 Å². The van der Waals surface area contributed by atoms with Gasteiger partial charge in [0.1, 0.15) is 11.6 Å². The molecule has 1 amide bonds. The van der Waals surface area contributed by atoms with Crippen LogP contribution < -0.4 is 4.74 Å². The number of nitrogens with zero attached hydrogens (tertiary/aromatic N) is 2. The average Bonchev–Trinajstić information content (AvgIpc) is 3.00. The Morgan fingerprint density at radius 3 is 2.45 bits per heavy atom. The molecule has 0 saturated carbocycles. The molecule has 0 saturated heterocycles. The summed E-state index contributed by atoms with van der Waals surface area (Å²) in [4.78, 5) is 18.6. The van der Waals surface area contributed by atoms with E-state index in [1.54, 1.807) is 66.9 Å². The van der Waals surface area contributed by atoms with Gasteiger partial charge in [0.2, 0.25) is 0 Å². The molecule has 0 radical (unpaired) electrons. The summed E-state index contributed by atoms with van der Waals surface area (Å²) in [6, 6.07) is 16.2. The van der Waals surface area contributed by atoms with Gasteiger partial charge in [0.15, 0.2) is 5.76 Å². The second-order valence-electron chi connectivity index (χ2n) is 6.74. The summed E-state index contributed by atoms with van der Waals surface area (Å²) in [6.45, 7) is 0.262. The molecular weight excluding hydrogens is 371 g/mol. The number of carbonyl (C=O) groups is 1. The molecule has 146 valence electrons. The Morgan fingerprint density at radius 2 is 1.83 bits per heavy atom. The highest BCUT2D eigenvalue weighted by Gasteiger charge is 2.41. The Kier molecular flexibility index (Phi) is 4.99. The normalized spacial score (nSPS) is 16.4. The number of aliphatic hydroxyl groups is 1. The summed E-state index contributed by atoms with van der Waals surface area (Å²) in [5, 5.41) is 10.7. The third kappa shape index (κ3) is 3.57. The van der Waals surface area contributed by atoms with Crippen molar-refractivity contribution >= 4 is 11.5 Å². The van der Waals surface area contributed by atoms with E-state index in [2.05, 4.69) is 4.98 Å². The number of aliphatic hydroxyl groups excluding tert-OH is 1. The summed E-state index contributed by atoms with van der Waals surface area (Å²) >= 11 is 0. The molecule has 3 aromatic rings. The van der Waals surface area contributed by atoms with Crippen LogP contribution in [-0.4, -0.2) is 28.0 Å². The smallest absolute Gasteiger partial charge is 0.290 e. The van der Waals surface area contributed by atoms with Crippen molar-refractivity contribution in [1.29, 1.82) is 0 Å². The first-order valence-electron chi connectivity index (χ1n) is 9.11. The van der Waals surface area contributed by atoms with Crippen molar-refractivity contribution in [2.45, 2.75) is 12.6 Å². The molecule has 0 aliphatic carbocycles. The lowest BCUT2D eigenvalue weighted by Crippen LogP contribution is -2.29. The number of aromatic nitrogens is 1. The molecule has 1 aromatic heterocycles. The van der Waals surface area contributed by atoms with Crippen LogP contribution in [0, 0.1) is 5.82 Å². The summed E-state index contributed by atoms with van der Waals surface area (Å²) in [5.74, 6) is -0.484. The van der Waals surface area contributed by atoms with Crippen LogP contribution in [0.3, 0.4) is 0 Å². The molecule has 1 N–H and O–H groups in total. The lowest BCUT2D eigenvalue weighted by atomic mass is 9.93. The van der Waals surface area contributed by atoms with Crippen molar-refractivity contribution < 1.29 is 19.0 Å². The van der Waals surface area contributed by atoms with Gasteiger partial charge < -0.3 is 14.7 Å². The monoisotopic (exact) mass is 390 g/mol. The van der Waals surface area contributed by atoms with E-state index >= 15 is 0 Å². The van der Waals surface area contributed by atoms with E-state index in [-0.39, 0.29) is 18.1 Å². The van der Waals surface area contributed by atoms with E-state index in [1.165, 1.54) is 12.1 Å². The Labute approximate surface area is 167 Å². The fraction of sp³-hybridized carbons (Fsp3) is 0.130. The SMILES string of the molecule is COc1ccc(C2=C(O)C(=O)N(Cc3cccnc3)[C@H]2c2ccc(F)cc2)cc1. The van der Waals surface area contributed by atoms with Crippen LogP contribution in [0.25, 0.3) is 5.57 Å². The van der Waals surface area contributed by atoms with Gasteiger partial charge in [-0.25, -0.2) is 4.39 Å². The van der Waals surface area contributed by atoms with Gasteiger partial charge in [-0.3, -0.25) is 9.78 Å². The van der Waals surface area contributed by atoms with Crippen molar-refractivity contribution in [3.63, 3.8) is 0 Å². The van der Waals surface area contributed by atoms with Crippen LogP contribution in [0.4, 0.5) is 4.39 Å². The second-order valence-corrected chi connectivity index (χ2v) is 6.74. The highest BCUT2D eigenvalue weighted by Crippen LogP contribution is 2.43. The van der Waals surface area contributed by atoms with Gasteiger partial charge in [-0.2, -0.15) is 0 Å².